The molecule has 0 saturated heterocycles. The molecule has 1 aliphatic heterocycles. The number of rotatable bonds is 7. The third-order valence-corrected chi connectivity index (χ3v) is 4.93. The van der Waals surface area contributed by atoms with Crippen LogP contribution < -0.4 is 14.2 Å². The van der Waals surface area contributed by atoms with E-state index in [4.69, 9.17) is 25.8 Å². The molecule has 0 N–H and O–H groups in total. The second-order valence-corrected chi connectivity index (χ2v) is 7.22. The van der Waals surface area contributed by atoms with Crippen LogP contribution in [-0.2, 0) is 0 Å². The molecule has 0 aromatic heterocycles. The first-order chi connectivity index (χ1) is 15.0. The molecule has 4 rings (SSSR count). The molecule has 0 bridgehead atoms. The fourth-order valence-electron chi connectivity index (χ4n) is 3.15. The number of benzene rings is 3. The van der Waals surface area contributed by atoms with Gasteiger partial charge in [0.25, 0.3) is 0 Å². The lowest BCUT2D eigenvalue weighted by Gasteiger charge is -2.07. The average Bonchev–Trinajstić information content (AvgIpc) is 3.08. The molecule has 3 aromatic carbocycles. The summed E-state index contributed by atoms with van der Waals surface area (Å²) >= 11 is 5.85. The van der Waals surface area contributed by atoms with Gasteiger partial charge in [-0.25, -0.2) is 0 Å². The predicted molar refractivity (Wildman–Crippen MR) is 118 cm³/mol. The molecule has 0 amide bonds. The van der Waals surface area contributed by atoms with Gasteiger partial charge >= 0.3 is 0 Å². The zero-order valence-electron chi connectivity index (χ0n) is 16.8. The first kappa shape index (κ1) is 20.7. The minimum Gasteiger partial charge on any atom is -0.493 e. The van der Waals surface area contributed by atoms with E-state index in [1.54, 1.807) is 48.5 Å². The van der Waals surface area contributed by atoms with E-state index in [2.05, 4.69) is 0 Å². The van der Waals surface area contributed by atoms with Crippen molar-refractivity contribution in [3.05, 3.63) is 94.2 Å². The molecule has 1 aliphatic rings. The molecule has 0 atom stereocenters. The summed E-state index contributed by atoms with van der Waals surface area (Å²) in [4.78, 5) is 25.0. The largest absolute Gasteiger partial charge is 0.493 e. The number of carbonyl (C=O) groups excluding carboxylic acids is 2. The fourth-order valence-corrected chi connectivity index (χ4v) is 3.28. The summed E-state index contributed by atoms with van der Waals surface area (Å²) in [7, 11) is 0. The van der Waals surface area contributed by atoms with E-state index in [1.807, 2.05) is 31.2 Å². The summed E-state index contributed by atoms with van der Waals surface area (Å²) in [6, 6.07) is 18.9. The maximum atomic E-state index is 12.7. The van der Waals surface area contributed by atoms with Gasteiger partial charge in [0.15, 0.2) is 18.1 Å². The van der Waals surface area contributed by atoms with Crippen molar-refractivity contribution in [3.8, 4) is 17.2 Å². The number of ether oxygens (including phenoxy) is 3. The number of ketones is 2. The molecule has 0 aliphatic carbocycles. The van der Waals surface area contributed by atoms with Gasteiger partial charge in [0, 0.05) is 22.2 Å². The van der Waals surface area contributed by atoms with E-state index in [0.29, 0.717) is 40.0 Å². The molecule has 31 heavy (non-hydrogen) atoms. The summed E-state index contributed by atoms with van der Waals surface area (Å²) < 4.78 is 17.0. The second kappa shape index (κ2) is 9.06. The third kappa shape index (κ3) is 4.62. The molecule has 6 heteroatoms. The van der Waals surface area contributed by atoms with Gasteiger partial charge in [-0.2, -0.15) is 0 Å². The average molecular weight is 435 g/mol. The third-order valence-electron chi connectivity index (χ3n) is 4.68. The lowest BCUT2D eigenvalue weighted by atomic mass is 10.1. The van der Waals surface area contributed by atoms with Crippen molar-refractivity contribution in [2.45, 2.75) is 6.92 Å². The normalized spacial score (nSPS) is 13.6. The number of carbonyl (C=O) groups is 2. The molecule has 3 aromatic rings. The summed E-state index contributed by atoms with van der Waals surface area (Å²) in [5.74, 6) is 1.31. The molecule has 1 heterocycles. The quantitative estimate of drug-likeness (QED) is 0.357. The van der Waals surface area contributed by atoms with E-state index < -0.39 is 0 Å². The van der Waals surface area contributed by atoms with Crippen LogP contribution in [0.15, 0.2) is 72.5 Å². The van der Waals surface area contributed by atoms with Crippen LogP contribution in [0.4, 0.5) is 0 Å². The van der Waals surface area contributed by atoms with Gasteiger partial charge in [0.2, 0.25) is 5.78 Å². The van der Waals surface area contributed by atoms with Crippen molar-refractivity contribution in [1.82, 2.24) is 0 Å². The number of para-hydroxylation sites is 1. The first-order valence-corrected chi connectivity index (χ1v) is 10.1. The van der Waals surface area contributed by atoms with Crippen LogP contribution in [0, 0.1) is 0 Å². The molecule has 0 fully saturated rings. The highest BCUT2D eigenvalue weighted by molar-refractivity contribution is 6.30. The van der Waals surface area contributed by atoms with Crippen molar-refractivity contribution in [2.24, 2.45) is 0 Å². The van der Waals surface area contributed by atoms with Crippen molar-refractivity contribution in [1.29, 1.82) is 0 Å². The Balaban J connectivity index is 1.48. The molecular formula is C25H19ClO5. The number of hydrogen-bond acceptors (Lipinski definition) is 5. The Morgan fingerprint density at radius 3 is 2.58 bits per heavy atom. The zero-order chi connectivity index (χ0) is 21.8. The highest BCUT2D eigenvalue weighted by Crippen LogP contribution is 2.35. The number of hydrogen-bond donors (Lipinski definition) is 0. The molecule has 156 valence electrons. The summed E-state index contributed by atoms with van der Waals surface area (Å²) in [6.45, 7) is 2.28. The Bertz CT molecular complexity index is 1160. The van der Waals surface area contributed by atoms with Crippen molar-refractivity contribution >= 4 is 29.2 Å². The van der Waals surface area contributed by atoms with Gasteiger partial charge in [0.05, 0.1) is 12.2 Å². The Morgan fingerprint density at radius 2 is 1.81 bits per heavy atom. The van der Waals surface area contributed by atoms with E-state index in [1.165, 1.54) is 0 Å². The molecular weight excluding hydrogens is 416 g/mol. The van der Waals surface area contributed by atoms with E-state index >= 15 is 0 Å². The summed E-state index contributed by atoms with van der Waals surface area (Å²) in [5, 5.41) is 0.561. The first-order valence-electron chi connectivity index (χ1n) is 9.77. The van der Waals surface area contributed by atoms with Crippen LogP contribution in [-0.4, -0.2) is 24.8 Å². The van der Waals surface area contributed by atoms with Crippen LogP contribution >= 0.6 is 11.6 Å². The molecule has 5 nitrogen and oxygen atoms in total. The summed E-state index contributed by atoms with van der Waals surface area (Å²) in [6.07, 6.45) is 1.66. The van der Waals surface area contributed by atoms with Gasteiger partial charge < -0.3 is 14.2 Å². The van der Waals surface area contributed by atoms with Crippen LogP contribution in [0.2, 0.25) is 5.02 Å². The van der Waals surface area contributed by atoms with Gasteiger partial charge in [-0.1, -0.05) is 29.8 Å². The van der Waals surface area contributed by atoms with Crippen molar-refractivity contribution in [2.75, 3.05) is 13.2 Å². The van der Waals surface area contributed by atoms with E-state index in [-0.39, 0.29) is 23.9 Å². The topological polar surface area (TPSA) is 61.8 Å². The van der Waals surface area contributed by atoms with E-state index in [9.17, 15) is 9.59 Å². The van der Waals surface area contributed by atoms with Gasteiger partial charge in [-0.15, -0.1) is 0 Å². The fraction of sp³-hybridized carbons (Fsp3) is 0.120. The molecule has 0 radical (unpaired) electrons. The Labute approximate surface area is 184 Å². The minimum atomic E-state index is -0.218. The van der Waals surface area contributed by atoms with Crippen molar-refractivity contribution in [3.63, 3.8) is 0 Å². The van der Waals surface area contributed by atoms with Gasteiger partial charge in [-0.05, 0) is 55.5 Å². The minimum absolute atomic E-state index is 0.140. The number of fused-ring (bicyclic) bond motifs is 1. The number of Topliss-reactive ketones (excluding diaryl/α,β-unsaturated/α-hetero) is 2. The van der Waals surface area contributed by atoms with E-state index in [0.717, 1.165) is 5.56 Å². The van der Waals surface area contributed by atoms with Crippen LogP contribution in [0.3, 0.4) is 0 Å². The second-order valence-electron chi connectivity index (χ2n) is 6.79. The van der Waals surface area contributed by atoms with Crippen LogP contribution in [0.25, 0.3) is 6.08 Å². The Kier molecular flexibility index (Phi) is 6.05. The Morgan fingerprint density at radius 1 is 1.03 bits per heavy atom. The SMILES string of the molecule is CCOc1ccccc1C=C1Oc2cc(OCC(=O)c3ccc(Cl)cc3)ccc2C1=O. The highest BCUT2D eigenvalue weighted by Gasteiger charge is 2.28. The smallest absolute Gasteiger partial charge is 0.231 e. The standard InChI is InChI=1S/C25H19ClO5/c1-2-29-22-6-4-3-5-17(22)13-24-25(28)20-12-11-19(14-23(20)31-24)30-15-21(27)16-7-9-18(26)10-8-16/h3-14H,2,15H2,1H3. The number of allylic oxidation sites excluding steroid dienone is 1. The molecule has 0 unspecified atom stereocenters. The lowest BCUT2D eigenvalue weighted by molar-refractivity contribution is 0.0921. The van der Waals surface area contributed by atoms with Crippen molar-refractivity contribution < 1.29 is 23.8 Å². The molecule has 0 saturated carbocycles. The lowest BCUT2D eigenvalue weighted by Crippen LogP contribution is -2.11. The highest BCUT2D eigenvalue weighted by atomic mass is 35.5. The monoisotopic (exact) mass is 434 g/mol. The van der Waals surface area contributed by atoms with Gasteiger partial charge in [-0.3, -0.25) is 9.59 Å². The summed E-state index contributed by atoms with van der Waals surface area (Å²) in [5.41, 5.74) is 1.71. The van der Waals surface area contributed by atoms with Gasteiger partial charge in [0.1, 0.15) is 17.2 Å². The number of halogens is 1. The predicted octanol–water partition coefficient (Wildman–Crippen LogP) is 5.62. The zero-order valence-corrected chi connectivity index (χ0v) is 17.5. The maximum absolute atomic E-state index is 12.7. The van der Waals surface area contributed by atoms with Crippen LogP contribution in [0.1, 0.15) is 33.2 Å². The van der Waals surface area contributed by atoms with Crippen LogP contribution in [0.5, 0.6) is 17.2 Å². The Hall–Kier alpha value is -3.57. The molecule has 0 spiro atoms. The maximum Gasteiger partial charge on any atom is 0.231 e.